The van der Waals surface area contributed by atoms with Gasteiger partial charge in [0.15, 0.2) is 0 Å². The summed E-state index contributed by atoms with van der Waals surface area (Å²) in [6.07, 6.45) is 3.41. The van der Waals surface area contributed by atoms with Crippen LogP contribution in [0.3, 0.4) is 0 Å². The first-order valence-electron chi connectivity index (χ1n) is 5.72. The highest BCUT2D eigenvalue weighted by Crippen LogP contribution is 2.38. The first-order valence-corrected chi connectivity index (χ1v) is 6.60. The second kappa shape index (κ2) is 4.26. The molecule has 1 fully saturated rings. The predicted molar refractivity (Wildman–Crippen MR) is 65.5 cm³/mol. The van der Waals surface area contributed by atoms with E-state index in [0.717, 1.165) is 30.0 Å². The van der Waals surface area contributed by atoms with Crippen molar-refractivity contribution in [2.75, 3.05) is 0 Å². The van der Waals surface area contributed by atoms with E-state index >= 15 is 0 Å². The van der Waals surface area contributed by atoms with Gasteiger partial charge in [0.25, 0.3) is 0 Å². The number of hydrogen-bond donors (Lipinski definition) is 1. The minimum absolute atomic E-state index is 0.0275. The van der Waals surface area contributed by atoms with Crippen LogP contribution in [0.4, 0.5) is 0 Å². The van der Waals surface area contributed by atoms with Crippen LogP contribution in [-0.2, 0) is 11.2 Å². The lowest BCUT2D eigenvalue weighted by molar-refractivity contribution is -0.127. The van der Waals surface area contributed by atoms with Crippen molar-refractivity contribution < 1.29 is 4.79 Å². The molecular formula is C12H18N2OS. The molecule has 1 aromatic heterocycles. The highest BCUT2D eigenvalue weighted by Gasteiger charge is 2.42. The van der Waals surface area contributed by atoms with Crippen molar-refractivity contribution in [3.05, 3.63) is 16.1 Å². The zero-order valence-corrected chi connectivity index (χ0v) is 10.6. The summed E-state index contributed by atoms with van der Waals surface area (Å²) in [4.78, 5) is 16.6. The zero-order valence-electron chi connectivity index (χ0n) is 9.82. The topological polar surface area (TPSA) is 56.0 Å². The fourth-order valence-corrected chi connectivity index (χ4v) is 3.01. The summed E-state index contributed by atoms with van der Waals surface area (Å²) < 4.78 is 0. The molecular weight excluding hydrogens is 220 g/mol. The molecule has 0 radical (unpaired) electrons. The molecule has 0 amide bonds. The maximum absolute atomic E-state index is 12.2. The number of aromatic nitrogens is 1. The average molecular weight is 238 g/mol. The standard InChI is InChI=1S/C12H18N2OS/c1-8-14-9(7-16-8)6-11(15)12(2)5-3-4-10(12)13/h7,10H,3-6,13H2,1-2H3. The molecule has 2 unspecified atom stereocenters. The molecule has 1 aliphatic carbocycles. The van der Waals surface area contributed by atoms with E-state index < -0.39 is 0 Å². The van der Waals surface area contributed by atoms with Crippen LogP contribution in [0, 0.1) is 12.3 Å². The maximum Gasteiger partial charge on any atom is 0.146 e. The van der Waals surface area contributed by atoms with E-state index in [0.29, 0.717) is 6.42 Å². The van der Waals surface area contributed by atoms with Crippen molar-refractivity contribution in [3.8, 4) is 0 Å². The van der Waals surface area contributed by atoms with Gasteiger partial charge in [-0.3, -0.25) is 4.79 Å². The molecule has 0 bridgehead atoms. The van der Waals surface area contributed by atoms with Crippen LogP contribution in [0.5, 0.6) is 0 Å². The quantitative estimate of drug-likeness (QED) is 0.877. The van der Waals surface area contributed by atoms with Crippen molar-refractivity contribution >= 4 is 17.1 Å². The fourth-order valence-electron chi connectivity index (χ4n) is 2.40. The highest BCUT2D eigenvalue weighted by atomic mass is 32.1. The van der Waals surface area contributed by atoms with Crippen LogP contribution in [0.25, 0.3) is 0 Å². The Morgan fingerprint density at radius 3 is 3.00 bits per heavy atom. The number of aryl methyl sites for hydroxylation is 1. The summed E-state index contributed by atoms with van der Waals surface area (Å²) >= 11 is 1.59. The molecule has 2 atom stereocenters. The normalized spacial score (nSPS) is 29.6. The number of nitrogens with two attached hydrogens (primary N) is 1. The van der Waals surface area contributed by atoms with Crippen molar-refractivity contribution in [3.63, 3.8) is 0 Å². The summed E-state index contributed by atoms with van der Waals surface area (Å²) in [6.45, 7) is 3.97. The van der Waals surface area contributed by atoms with Crippen LogP contribution in [0.15, 0.2) is 5.38 Å². The van der Waals surface area contributed by atoms with Crippen molar-refractivity contribution in [1.82, 2.24) is 4.98 Å². The second-order valence-corrected chi connectivity index (χ2v) is 5.94. The first-order chi connectivity index (χ1) is 7.52. The Kier molecular flexibility index (Phi) is 3.13. The second-order valence-electron chi connectivity index (χ2n) is 4.87. The molecule has 1 aliphatic rings. The van der Waals surface area contributed by atoms with Gasteiger partial charge >= 0.3 is 0 Å². The minimum Gasteiger partial charge on any atom is -0.327 e. The van der Waals surface area contributed by atoms with Crippen LogP contribution in [-0.4, -0.2) is 16.8 Å². The van der Waals surface area contributed by atoms with E-state index in [1.807, 2.05) is 19.2 Å². The molecule has 88 valence electrons. The molecule has 1 heterocycles. The molecule has 1 saturated carbocycles. The molecule has 4 heteroatoms. The van der Waals surface area contributed by atoms with Gasteiger partial charge in [-0.2, -0.15) is 0 Å². The van der Waals surface area contributed by atoms with Crippen molar-refractivity contribution in [2.24, 2.45) is 11.1 Å². The molecule has 0 saturated heterocycles. The van der Waals surface area contributed by atoms with Crippen LogP contribution < -0.4 is 5.73 Å². The number of hydrogen-bond acceptors (Lipinski definition) is 4. The molecule has 1 aromatic rings. The Bertz CT molecular complexity index is 401. The smallest absolute Gasteiger partial charge is 0.146 e. The Hall–Kier alpha value is -0.740. The molecule has 0 aromatic carbocycles. The Morgan fingerprint density at radius 1 is 1.75 bits per heavy atom. The van der Waals surface area contributed by atoms with Gasteiger partial charge in [0, 0.05) is 16.8 Å². The van der Waals surface area contributed by atoms with Crippen LogP contribution >= 0.6 is 11.3 Å². The SMILES string of the molecule is Cc1nc(CC(=O)C2(C)CCCC2N)cs1. The maximum atomic E-state index is 12.2. The minimum atomic E-state index is -0.322. The fraction of sp³-hybridized carbons (Fsp3) is 0.667. The zero-order chi connectivity index (χ0) is 11.8. The van der Waals surface area contributed by atoms with Gasteiger partial charge in [-0.25, -0.2) is 4.98 Å². The monoisotopic (exact) mass is 238 g/mol. The van der Waals surface area contributed by atoms with Crippen molar-refractivity contribution in [1.29, 1.82) is 0 Å². The first kappa shape index (κ1) is 11.7. The van der Waals surface area contributed by atoms with E-state index in [-0.39, 0.29) is 17.2 Å². The lowest BCUT2D eigenvalue weighted by Gasteiger charge is -2.26. The van der Waals surface area contributed by atoms with Crippen LogP contribution in [0.1, 0.15) is 36.9 Å². The van der Waals surface area contributed by atoms with E-state index in [1.54, 1.807) is 11.3 Å². The molecule has 3 nitrogen and oxygen atoms in total. The van der Waals surface area contributed by atoms with Gasteiger partial charge in [-0.05, 0) is 19.8 Å². The van der Waals surface area contributed by atoms with Crippen molar-refractivity contribution in [2.45, 2.75) is 45.6 Å². The Morgan fingerprint density at radius 2 is 2.50 bits per heavy atom. The predicted octanol–water partition coefficient (Wildman–Crippen LogP) is 2.08. The number of rotatable bonds is 3. The third-order valence-electron chi connectivity index (χ3n) is 3.67. The molecule has 2 rings (SSSR count). The number of nitrogens with zero attached hydrogens (tertiary/aromatic N) is 1. The lowest BCUT2D eigenvalue weighted by Crippen LogP contribution is -2.41. The summed E-state index contributed by atoms with van der Waals surface area (Å²) in [5.74, 6) is 0.253. The number of Topliss-reactive ketones (excluding diaryl/α,β-unsaturated/α-hetero) is 1. The summed E-state index contributed by atoms with van der Waals surface area (Å²) in [7, 11) is 0. The van der Waals surface area contributed by atoms with Gasteiger partial charge < -0.3 is 5.73 Å². The van der Waals surface area contributed by atoms with Gasteiger partial charge in [0.2, 0.25) is 0 Å². The third-order valence-corrected chi connectivity index (χ3v) is 4.50. The van der Waals surface area contributed by atoms with Gasteiger partial charge in [-0.15, -0.1) is 11.3 Å². The number of carbonyl (C=O) groups is 1. The van der Waals surface area contributed by atoms with E-state index in [1.165, 1.54) is 0 Å². The largest absolute Gasteiger partial charge is 0.327 e. The lowest BCUT2D eigenvalue weighted by atomic mass is 9.79. The van der Waals surface area contributed by atoms with E-state index in [4.69, 9.17) is 5.73 Å². The number of ketones is 1. The van der Waals surface area contributed by atoms with Crippen LogP contribution in [0.2, 0.25) is 0 Å². The summed E-state index contributed by atoms with van der Waals surface area (Å²) in [6, 6.07) is 0.0275. The molecule has 0 spiro atoms. The molecule has 0 aliphatic heterocycles. The molecule has 2 N–H and O–H groups in total. The van der Waals surface area contributed by atoms with E-state index in [2.05, 4.69) is 4.98 Å². The third kappa shape index (κ3) is 2.04. The van der Waals surface area contributed by atoms with Gasteiger partial charge in [-0.1, -0.05) is 13.3 Å². The Balaban J connectivity index is 2.08. The Labute approximate surface area is 100 Å². The van der Waals surface area contributed by atoms with E-state index in [9.17, 15) is 4.79 Å². The number of thiazole rings is 1. The average Bonchev–Trinajstić information content (AvgIpc) is 2.76. The van der Waals surface area contributed by atoms with Gasteiger partial charge in [0.05, 0.1) is 17.1 Å². The molecule has 16 heavy (non-hydrogen) atoms. The number of carbonyl (C=O) groups excluding carboxylic acids is 1. The van der Waals surface area contributed by atoms with Gasteiger partial charge in [0.1, 0.15) is 5.78 Å². The summed E-state index contributed by atoms with van der Waals surface area (Å²) in [5, 5.41) is 2.99. The highest BCUT2D eigenvalue weighted by molar-refractivity contribution is 7.09. The summed E-state index contributed by atoms with van der Waals surface area (Å²) in [5.41, 5.74) is 6.61.